The molecule has 0 heterocycles. The smallest absolute Gasteiger partial charge is 0.876 e. The van der Waals surface area contributed by atoms with E-state index in [1.165, 1.54) is 0 Å². The van der Waals surface area contributed by atoms with Gasteiger partial charge >= 0.3 is 26.2 Å². The molecule has 0 radical (unpaired) electrons. The van der Waals surface area contributed by atoms with Crippen molar-refractivity contribution in [2.75, 3.05) is 0 Å². The summed E-state index contributed by atoms with van der Waals surface area (Å²) in [5.41, 5.74) is 0. The molecule has 0 atom stereocenters. The first-order valence-corrected chi connectivity index (χ1v) is 8.47. The Bertz CT molecular complexity index is 262. The fourth-order valence-corrected chi connectivity index (χ4v) is 1.12. The van der Waals surface area contributed by atoms with Gasteiger partial charge in [-0.15, -0.1) is 49.4 Å². The summed E-state index contributed by atoms with van der Waals surface area (Å²) in [6, 6.07) is 0. The normalized spacial score (nSPS) is 7.84. The van der Waals surface area contributed by atoms with Crippen molar-refractivity contribution < 1.29 is 46.6 Å². The van der Waals surface area contributed by atoms with Gasteiger partial charge in [0.15, 0.2) is 0 Å². The van der Waals surface area contributed by atoms with E-state index < -0.39 is 0 Å². The van der Waals surface area contributed by atoms with Crippen molar-refractivity contribution in [3.63, 3.8) is 0 Å². The molecular weight excluding hydrogens is 395 g/mol. The number of hydrogen-bond donors (Lipinski definition) is 0. The molecule has 0 aliphatic carbocycles. The van der Waals surface area contributed by atoms with Crippen molar-refractivity contribution >= 4 is 0 Å². The van der Waals surface area contributed by atoms with Crippen molar-refractivity contribution in [2.24, 2.45) is 0 Å². The Balaban J connectivity index is -0.0000000702. The van der Waals surface area contributed by atoms with E-state index in [-0.39, 0.29) is 49.2 Å². The van der Waals surface area contributed by atoms with Gasteiger partial charge in [-0.05, 0) is 25.7 Å². The zero-order valence-electron chi connectivity index (χ0n) is 16.6. The Hall–Kier alpha value is -0.957. The Labute approximate surface area is 174 Å². The average Bonchev–Trinajstić information content (AvgIpc) is 2.39. The molecule has 0 aromatic heterocycles. The summed E-state index contributed by atoms with van der Waals surface area (Å²) in [6.07, 6.45) is 6.18. The van der Waals surface area contributed by atoms with Gasteiger partial charge in [0.25, 0.3) is 0 Å². The van der Waals surface area contributed by atoms with E-state index in [0.29, 0.717) is 25.7 Å². The molecule has 0 amide bonds. The van der Waals surface area contributed by atoms with Gasteiger partial charge in [0, 0.05) is 0 Å². The van der Waals surface area contributed by atoms with Crippen molar-refractivity contribution in [1.82, 2.24) is 0 Å². The van der Waals surface area contributed by atoms with Crippen LogP contribution >= 0.6 is 0 Å². The van der Waals surface area contributed by atoms with Crippen LogP contribution in [0, 0.1) is 0 Å². The van der Waals surface area contributed by atoms with Crippen LogP contribution in [0.15, 0.2) is 49.4 Å². The molecule has 0 aliphatic heterocycles. The Morgan fingerprint density at radius 3 is 0.600 bits per heavy atom. The fourth-order valence-electron chi connectivity index (χ4n) is 1.12. The van der Waals surface area contributed by atoms with Crippen LogP contribution in [0.25, 0.3) is 0 Å². The summed E-state index contributed by atoms with van der Waals surface area (Å²) >= 11 is 0. The maximum absolute atomic E-state index is 9.93. The minimum Gasteiger partial charge on any atom is -0.876 e. The zero-order valence-corrected chi connectivity index (χ0v) is 19.1. The Kier molecular flexibility index (Phi) is 43.5. The van der Waals surface area contributed by atoms with Crippen molar-refractivity contribution in [3.8, 4) is 0 Å². The Morgan fingerprint density at radius 1 is 0.480 bits per heavy atom. The van der Waals surface area contributed by atoms with Crippen molar-refractivity contribution in [3.05, 3.63) is 49.4 Å². The van der Waals surface area contributed by atoms with Gasteiger partial charge in [-0.3, -0.25) is 0 Å². The predicted molar refractivity (Wildman–Crippen MR) is 96.2 cm³/mol. The van der Waals surface area contributed by atoms with Gasteiger partial charge < -0.3 is 20.4 Å². The molecule has 0 rings (SSSR count). The van der Waals surface area contributed by atoms with Crippen molar-refractivity contribution in [2.45, 2.75) is 79.1 Å². The second-order valence-electron chi connectivity index (χ2n) is 5.15. The molecule has 0 bridgehead atoms. The molecule has 0 aromatic rings. The van der Waals surface area contributed by atoms with Crippen LogP contribution in [-0.2, 0) is 26.2 Å². The molecule has 4 nitrogen and oxygen atoms in total. The van der Waals surface area contributed by atoms with Gasteiger partial charge in [0.05, 0.1) is 0 Å². The first kappa shape index (κ1) is 35.2. The molecule has 0 unspecified atom stereocenters. The summed E-state index contributed by atoms with van der Waals surface area (Å²) in [7, 11) is 0. The Morgan fingerprint density at radius 2 is 0.600 bits per heavy atom. The molecule has 0 aromatic carbocycles. The predicted octanol–water partition coefficient (Wildman–Crippen LogP) is 2.64. The quantitative estimate of drug-likeness (QED) is 0.552. The zero-order chi connectivity index (χ0) is 20.0. The van der Waals surface area contributed by atoms with Crippen molar-refractivity contribution in [1.29, 1.82) is 0 Å². The molecular formula is C20H36O4Zr. The van der Waals surface area contributed by atoms with E-state index in [1.807, 2.05) is 27.7 Å². The summed E-state index contributed by atoms with van der Waals surface area (Å²) in [6.45, 7) is 20.6. The average molecular weight is 432 g/mol. The van der Waals surface area contributed by atoms with Gasteiger partial charge in [-0.2, -0.15) is 0 Å². The van der Waals surface area contributed by atoms with E-state index in [4.69, 9.17) is 0 Å². The van der Waals surface area contributed by atoms with Gasteiger partial charge in [-0.1, -0.05) is 53.4 Å². The molecule has 5 heteroatoms. The molecule has 0 aliphatic rings. The van der Waals surface area contributed by atoms with E-state index in [0.717, 1.165) is 25.7 Å². The summed E-state index contributed by atoms with van der Waals surface area (Å²) < 4.78 is 0. The van der Waals surface area contributed by atoms with Gasteiger partial charge in [-0.25, -0.2) is 0 Å². The standard InChI is InChI=1S/4C5H10O.Zr/c4*1-3-4-5(2)6;/h4*6H,2-4H2,1H3;/q;;;;+4/p-4. The second-order valence-corrected chi connectivity index (χ2v) is 5.15. The van der Waals surface area contributed by atoms with Crippen LogP contribution in [-0.4, -0.2) is 0 Å². The third kappa shape index (κ3) is 83.7. The van der Waals surface area contributed by atoms with E-state index in [2.05, 4.69) is 26.3 Å². The number of rotatable bonds is 8. The maximum Gasteiger partial charge on any atom is 4.00 e. The minimum absolute atomic E-state index is 0. The van der Waals surface area contributed by atoms with Crippen LogP contribution in [0.4, 0.5) is 0 Å². The number of hydrogen-bond acceptors (Lipinski definition) is 4. The van der Waals surface area contributed by atoms with Crippen LogP contribution in [0.2, 0.25) is 0 Å². The molecule has 0 saturated carbocycles. The largest absolute Gasteiger partial charge is 4.00 e. The molecule has 144 valence electrons. The minimum atomic E-state index is 0. The summed E-state index contributed by atoms with van der Waals surface area (Å²) in [5.74, 6) is 0.157. The molecule has 0 fully saturated rings. The third-order valence-corrected chi connectivity index (χ3v) is 2.12. The van der Waals surface area contributed by atoms with Gasteiger partial charge in [0.1, 0.15) is 0 Å². The van der Waals surface area contributed by atoms with E-state index in [1.54, 1.807) is 0 Å². The third-order valence-electron chi connectivity index (χ3n) is 2.12. The number of allylic oxidation sites excluding steroid dienone is 4. The topological polar surface area (TPSA) is 92.2 Å². The second kappa shape index (κ2) is 30.9. The SMILES string of the molecule is C=C([O-])CCC.C=C([O-])CCC.C=C([O-])CCC.C=C([O-])CCC.[Zr+4]. The van der Waals surface area contributed by atoms with E-state index >= 15 is 0 Å². The fraction of sp³-hybridized carbons (Fsp3) is 0.600. The van der Waals surface area contributed by atoms with E-state index in [9.17, 15) is 20.4 Å². The maximum atomic E-state index is 9.93. The van der Waals surface area contributed by atoms with Crippen LogP contribution in [0.5, 0.6) is 0 Å². The van der Waals surface area contributed by atoms with Crippen LogP contribution < -0.4 is 20.4 Å². The molecule has 0 N–H and O–H groups in total. The summed E-state index contributed by atoms with van der Waals surface area (Å²) in [4.78, 5) is 0. The molecule has 0 saturated heterocycles. The van der Waals surface area contributed by atoms with Gasteiger partial charge in [0.2, 0.25) is 0 Å². The first-order chi connectivity index (χ1) is 11.1. The van der Waals surface area contributed by atoms with Crippen LogP contribution in [0.3, 0.4) is 0 Å². The van der Waals surface area contributed by atoms with Crippen LogP contribution in [0.1, 0.15) is 79.1 Å². The molecule has 0 spiro atoms. The molecule has 25 heavy (non-hydrogen) atoms. The monoisotopic (exact) mass is 430 g/mol. The summed E-state index contributed by atoms with van der Waals surface area (Å²) in [5, 5.41) is 39.7. The first-order valence-electron chi connectivity index (χ1n) is 8.47.